The van der Waals surface area contributed by atoms with Crippen LogP contribution in [0.1, 0.15) is 50.8 Å². The molecule has 8 nitrogen and oxygen atoms in total. The van der Waals surface area contributed by atoms with Gasteiger partial charge in [0.25, 0.3) is 0 Å². The Morgan fingerprint density at radius 3 is 2.14 bits per heavy atom. The minimum atomic E-state index is -4.00. The molecule has 2 aromatic carbocycles. The fraction of sp³-hybridized carbons (Fsp3) is 0.481. The van der Waals surface area contributed by atoms with Gasteiger partial charge in [-0.05, 0) is 63.8 Å². The van der Waals surface area contributed by atoms with E-state index in [-0.39, 0.29) is 12.5 Å². The maximum absolute atomic E-state index is 13.9. The Labute approximate surface area is 216 Å². The van der Waals surface area contributed by atoms with Crippen LogP contribution in [0.4, 0.5) is 5.69 Å². The molecule has 36 heavy (non-hydrogen) atoms. The molecule has 2 rings (SSSR count). The summed E-state index contributed by atoms with van der Waals surface area (Å²) in [6.45, 7) is 10.9. The van der Waals surface area contributed by atoms with Crippen molar-refractivity contribution in [3.05, 3.63) is 65.2 Å². The molecule has 0 heterocycles. The average molecular weight is 517 g/mol. The van der Waals surface area contributed by atoms with E-state index in [4.69, 9.17) is 0 Å². The highest BCUT2D eigenvalue weighted by molar-refractivity contribution is 7.90. The molecule has 2 amide bonds. The molecule has 0 saturated heterocycles. The van der Waals surface area contributed by atoms with E-state index in [1.165, 1.54) is 19.0 Å². The highest BCUT2D eigenvalue weighted by Gasteiger charge is 2.35. The van der Waals surface area contributed by atoms with Crippen molar-refractivity contribution in [3.63, 3.8) is 0 Å². The largest absolute Gasteiger partial charge is 0.350 e. The van der Waals surface area contributed by atoms with Gasteiger partial charge in [0.15, 0.2) is 0 Å². The summed E-state index contributed by atoms with van der Waals surface area (Å²) in [7, 11) is -1.12. The first-order chi connectivity index (χ1) is 16.7. The number of carbonyl (C=O) groups excluding carboxylic acids is 2. The second-order valence-electron chi connectivity index (χ2n) is 10.3. The van der Waals surface area contributed by atoms with E-state index in [1.807, 2.05) is 84.0 Å². The zero-order valence-corrected chi connectivity index (χ0v) is 23.5. The first-order valence-corrected chi connectivity index (χ1v) is 13.5. The first-order valence-electron chi connectivity index (χ1n) is 12.1. The predicted octanol–water partition coefficient (Wildman–Crippen LogP) is 3.64. The lowest BCUT2D eigenvalue weighted by Gasteiger charge is -2.35. The van der Waals surface area contributed by atoms with E-state index in [9.17, 15) is 18.0 Å². The van der Waals surface area contributed by atoms with E-state index < -0.39 is 34.2 Å². The second kappa shape index (κ2) is 11.9. The van der Waals surface area contributed by atoms with Crippen molar-refractivity contribution < 1.29 is 18.0 Å². The van der Waals surface area contributed by atoms with Gasteiger partial charge in [-0.2, -0.15) is 12.7 Å². The van der Waals surface area contributed by atoms with Gasteiger partial charge in [-0.15, -0.1) is 0 Å². The molecule has 0 aromatic heterocycles. The Hall–Kier alpha value is -2.91. The number of benzene rings is 2. The Bertz CT molecular complexity index is 1160. The van der Waals surface area contributed by atoms with Crippen molar-refractivity contribution in [1.29, 1.82) is 0 Å². The zero-order chi connectivity index (χ0) is 27.3. The van der Waals surface area contributed by atoms with Crippen molar-refractivity contribution in [2.75, 3.05) is 24.9 Å². The quantitative estimate of drug-likeness (QED) is 0.522. The third kappa shape index (κ3) is 7.54. The van der Waals surface area contributed by atoms with Crippen LogP contribution in [0, 0.1) is 13.8 Å². The third-order valence-electron chi connectivity index (χ3n) is 5.73. The standard InChI is InChI=1S/C27H40N4O4S/c1-9-23(26(33)28-27(4,5)6)30(18-22-13-11-10-12-14-22)25(32)19-31(36(34,35)29(7)8)24-17-20(2)15-16-21(24)3/h10-17,23H,9,18-19H2,1-8H3,(H,28,33)/t23-/m0/s1. The van der Waals surface area contributed by atoms with E-state index in [0.29, 0.717) is 12.1 Å². The summed E-state index contributed by atoms with van der Waals surface area (Å²) in [4.78, 5) is 28.6. The molecule has 0 aliphatic heterocycles. The number of nitrogens with one attached hydrogen (secondary N) is 1. The number of anilines is 1. The Kier molecular flexibility index (Phi) is 9.68. The average Bonchev–Trinajstić information content (AvgIpc) is 2.78. The summed E-state index contributed by atoms with van der Waals surface area (Å²) in [6.07, 6.45) is 0.379. The molecule has 1 atom stereocenters. The molecule has 0 aliphatic carbocycles. The molecule has 2 aromatic rings. The monoisotopic (exact) mass is 516 g/mol. The number of hydrogen-bond acceptors (Lipinski definition) is 4. The second-order valence-corrected chi connectivity index (χ2v) is 12.3. The number of hydrogen-bond donors (Lipinski definition) is 1. The maximum Gasteiger partial charge on any atom is 0.304 e. The van der Waals surface area contributed by atoms with Gasteiger partial charge >= 0.3 is 10.2 Å². The van der Waals surface area contributed by atoms with E-state index in [0.717, 1.165) is 25.3 Å². The van der Waals surface area contributed by atoms with Gasteiger partial charge < -0.3 is 10.2 Å². The van der Waals surface area contributed by atoms with Gasteiger partial charge in [-0.1, -0.05) is 49.4 Å². The zero-order valence-electron chi connectivity index (χ0n) is 22.7. The smallest absolute Gasteiger partial charge is 0.304 e. The molecule has 0 radical (unpaired) electrons. The Morgan fingerprint density at radius 2 is 1.61 bits per heavy atom. The minimum absolute atomic E-state index is 0.179. The van der Waals surface area contributed by atoms with Crippen molar-refractivity contribution in [2.24, 2.45) is 0 Å². The van der Waals surface area contributed by atoms with Gasteiger partial charge in [0.05, 0.1) is 5.69 Å². The fourth-order valence-electron chi connectivity index (χ4n) is 3.84. The summed E-state index contributed by atoms with van der Waals surface area (Å²) >= 11 is 0. The van der Waals surface area contributed by atoms with E-state index in [2.05, 4.69) is 5.32 Å². The number of rotatable bonds is 10. The predicted molar refractivity (Wildman–Crippen MR) is 145 cm³/mol. The summed E-state index contributed by atoms with van der Waals surface area (Å²) in [6, 6.07) is 14.1. The summed E-state index contributed by atoms with van der Waals surface area (Å²) < 4.78 is 29.0. The highest BCUT2D eigenvalue weighted by atomic mass is 32.2. The lowest BCUT2D eigenvalue weighted by molar-refractivity contribution is -0.141. The van der Waals surface area contributed by atoms with Crippen molar-refractivity contribution in [3.8, 4) is 0 Å². The molecule has 0 bridgehead atoms. The van der Waals surface area contributed by atoms with Crippen LogP contribution in [0.2, 0.25) is 0 Å². The summed E-state index contributed by atoms with van der Waals surface area (Å²) in [5.74, 6) is -0.732. The Morgan fingerprint density at radius 1 is 1.00 bits per heavy atom. The van der Waals surface area contributed by atoms with E-state index >= 15 is 0 Å². The van der Waals surface area contributed by atoms with Gasteiger partial charge in [0, 0.05) is 26.2 Å². The fourth-order valence-corrected chi connectivity index (χ4v) is 4.96. The highest BCUT2D eigenvalue weighted by Crippen LogP contribution is 2.26. The molecule has 0 saturated carbocycles. The van der Waals surface area contributed by atoms with Crippen LogP contribution >= 0.6 is 0 Å². The van der Waals surface area contributed by atoms with Crippen molar-refractivity contribution >= 4 is 27.7 Å². The minimum Gasteiger partial charge on any atom is -0.350 e. The van der Waals surface area contributed by atoms with Gasteiger partial charge in [-0.3, -0.25) is 9.59 Å². The third-order valence-corrected chi connectivity index (χ3v) is 7.54. The van der Waals surface area contributed by atoms with Crippen LogP contribution in [0.25, 0.3) is 0 Å². The number of nitrogens with zero attached hydrogens (tertiary/aromatic N) is 3. The van der Waals surface area contributed by atoms with Gasteiger partial charge in [0.2, 0.25) is 11.8 Å². The molecule has 9 heteroatoms. The molecule has 0 unspecified atom stereocenters. The van der Waals surface area contributed by atoms with Crippen LogP contribution in [-0.2, 0) is 26.3 Å². The number of aryl methyl sites for hydroxylation is 2. The summed E-state index contributed by atoms with van der Waals surface area (Å²) in [5.41, 5.74) is 2.40. The van der Waals surface area contributed by atoms with Crippen LogP contribution in [0.5, 0.6) is 0 Å². The molecule has 198 valence electrons. The molecule has 0 fully saturated rings. The summed E-state index contributed by atoms with van der Waals surface area (Å²) in [5, 5.41) is 2.97. The van der Waals surface area contributed by atoms with Crippen LogP contribution in [0.3, 0.4) is 0 Å². The molecular formula is C27H40N4O4S. The van der Waals surface area contributed by atoms with Gasteiger partial charge in [0.1, 0.15) is 12.6 Å². The normalized spacial score (nSPS) is 12.8. The van der Waals surface area contributed by atoms with E-state index in [1.54, 1.807) is 6.07 Å². The van der Waals surface area contributed by atoms with Crippen LogP contribution < -0.4 is 9.62 Å². The number of carbonyl (C=O) groups is 2. The van der Waals surface area contributed by atoms with Crippen molar-refractivity contribution in [1.82, 2.24) is 14.5 Å². The lowest BCUT2D eigenvalue weighted by Crippen LogP contribution is -2.55. The lowest BCUT2D eigenvalue weighted by atomic mass is 10.1. The van der Waals surface area contributed by atoms with Crippen LogP contribution in [0.15, 0.2) is 48.5 Å². The molecule has 0 spiro atoms. The molecule has 1 N–H and O–H groups in total. The number of amides is 2. The maximum atomic E-state index is 13.9. The SMILES string of the molecule is CC[C@@H](C(=O)NC(C)(C)C)N(Cc1ccccc1)C(=O)CN(c1cc(C)ccc1C)S(=O)(=O)N(C)C. The van der Waals surface area contributed by atoms with Crippen LogP contribution in [-0.4, -0.2) is 61.7 Å². The first kappa shape index (κ1) is 29.3. The molecule has 0 aliphatic rings. The van der Waals surface area contributed by atoms with Crippen molar-refractivity contribution in [2.45, 2.75) is 66.1 Å². The Balaban J connectivity index is 2.55. The van der Waals surface area contributed by atoms with Gasteiger partial charge in [-0.25, -0.2) is 4.31 Å². The topological polar surface area (TPSA) is 90.0 Å². The molecular weight excluding hydrogens is 476 g/mol.